The number of hydrogen-bond acceptors (Lipinski definition) is 4. The summed E-state index contributed by atoms with van der Waals surface area (Å²) in [5.41, 5.74) is 0. The lowest BCUT2D eigenvalue weighted by Crippen LogP contribution is -2.41. The molecule has 1 rings (SSSR count). The molecule has 0 fully saturated rings. The molecule has 0 saturated carbocycles. The number of carbonyl (C=O) groups excluding carboxylic acids is 1. The van der Waals surface area contributed by atoms with Crippen LogP contribution in [0, 0.1) is 0 Å². The number of rotatable bonds is 8. The maximum atomic E-state index is 12.3. The first-order valence-corrected chi connectivity index (χ1v) is 8.72. The van der Waals surface area contributed by atoms with Gasteiger partial charge in [-0.15, -0.1) is 0 Å². The van der Waals surface area contributed by atoms with E-state index >= 15 is 0 Å². The second-order valence-electron chi connectivity index (χ2n) is 4.50. The van der Waals surface area contributed by atoms with E-state index in [-0.39, 0.29) is 16.5 Å². The Kier molecular flexibility index (Phi) is 7.14. The van der Waals surface area contributed by atoms with Crippen LogP contribution in [0.15, 0.2) is 29.2 Å². The van der Waals surface area contributed by atoms with Gasteiger partial charge in [-0.25, -0.2) is 8.42 Å². The van der Waals surface area contributed by atoms with Crippen molar-refractivity contribution in [2.24, 2.45) is 0 Å². The molecule has 0 aromatic heterocycles. The fourth-order valence-corrected chi connectivity index (χ4v) is 3.53. The Balaban J connectivity index is 2.95. The third-order valence-electron chi connectivity index (χ3n) is 2.84. The smallest absolute Gasteiger partial charge is 0.324 e. The zero-order valence-electron chi connectivity index (χ0n) is 12.1. The first kappa shape index (κ1) is 17.9. The molecule has 0 aliphatic heterocycles. The van der Waals surface area contributed by atoms with Crippen LogP contribution in [0.3, 0.4) is 0 Å². The van der Waals surface area contributed by atoms with E-state index in [9.17, 15) is 13.2 Å². The number of benzene rings is 1. The summed E-state index contributed by atoms with van der Waals surface area (Å²) in [7, 11) is -3.87. The molecule has 1 aromatic rings. The van der Waals surface area contributed by atoms with Gasteiger partial charge in [0.25, 0.3) is 0 Å². The molecular weight excluding hydrogens is 314 g/mol. The number of hydrogen-bond donors (Lipinski definition) is 1. The Bertz CT molecular complexity index is 574. The second-order valence-corrected chi connectivity index (χ2v) is 6.59. The normalized spacial score (nSPS) is 12.9. The van der Waals surface area contributed by atoms with Crippen LogP contribution in [-0.4, -0.2) is 27.0 Å². The standard InChI is InChI=1S/C14H20ClNO4S/c1-3-5-9-12(14(17)20-4-2)16-21(18,19)13-10-7-6-8-11(13)15/h6-8,10,12,16H,3-5,9H2,1-2H3. The molecule has 1 N–H and O–H groups in total. The SMILES string of the molecule is CCCCC(NS(=O)(=O)c1ccccc1Cl)C(=O)OCC. The summed E-state index contributed by atoms with van der Waals surface area (Å²) >= 11 is 5.90. The van der Waals surface area contributed by atoms with Crippen LogP contribution in [0.25, 0.3) is 0 Å². The van der Waals surface area contributed by atoms with E-state index in [1.54, 1.807) is 19.1 Å². The molecular formula is C14H20ClNO4S. The van der Waals surface area contributed by atoms with Crippen LogP contribution in [0.5, 0.6) is 0 Å². The number of unbranched alkanes of at least 4 members (excludes halogenated alkanes) is 1. The average molecular weight is 334 g/mol. The Labute approximate surface area is 130 Å². The van der Waals surface area contributed by atoms with Gasteiger partial charge in [-0.05, 0) is 25.5 Å². The molecule has 0 radical (unpaired) electrons. The fraction of sp³-hybridized carbons (Fsp3) is 0.500. The van der Waals surface area contributed by atoms with Crippen LogP contribution >= 0.6 is 11.6 Å². The van der Waals surface area contributed by atoms with E-state index in [4.69, 9.17) is 16.3 Å². The van der Waals surface area contributed by atoms with E-state index < -0.39 is 22.0 Å². The summed E-state index contributed by atoms with van der Waals surface area (Å²) in [6.07, 6.45) is 1.96. The molecule has 0 spiro atoms. The Morgan fingerprint density at radius 2 is 2.00 bits per heavy atom. The number of carbonyl (C=O) groups is 1. The van der Waals surface area contributed by atoms with Crippen LogP contribution < -0.4 is 4.72 Å². The van der Waals surface area contributed by atoms with Crippen LogP contribution in [-0.2, 0) is 19.6 Å². The van der Waals surface area contributed by atoms with E-state index in [1.165, 1.54) is 12.1 Å². The molecule has 21 heavy (non-hydrogen) atoms. The van der Waals surface area contributed by atoms with Gasteiger partial charge >= 0.3 is 5.97 Å². The number of halogens is 1. The third kappa shape index (κ3) is 5.30. The third-order valence-corrected chi connectivity index (χ3v) is 4.81. The predicted molar refractivity (Wildman–Crippen MR) is 81.7 cm³/mol. The van der Waals surface area contributed by atoms with E-state index in [0.717, 1.165) is 6.42 Å². The van der Waals surface area contributed by atoms with Gasteiger partial charge in [0, 0.05) is 0 Å². The molecule has 1 aromatic carbocycles. The zero-order valence-corrected chi connectivity index (χ0v) is 13.7. The van der Waals surface area contributed by atoms with Gasteiger partial charge in [0.05, 0.1) is 11.6 Å². The van der Waals surface area contributed by atoms with Crippen LogP contribution in [0.1, 0.15) is 33.1 Å². The largest absolute Gasteiger partial charge is 0.465 e. The molecule has 0 aliphatic carbocycles. The van der Waals surface area contributed by atoms with Crippen molar-refractivity contribution in [1.82, 2.24) is 4.72 Å². The van der Waals surface area contributed by atoms with Crippen molar-refractivity contribution in [2.75, 3.05) is 6.61 Å². The summed E-state index contributed by atoms with van der Waals surface area (Å²) in [6.45, 7) is 3.84. The Morgan fingerprint density at radius 1 is 1.33 bits per heavy atom. The van der Waals surface area contributed by atoms with Crippen molar-refractivity contribution in [3.63, 3.8) is 0 Å². The van der Waals surface area contributed by atoms with Gasteiger partial charge in [-0.1, -0.05) is 43.5 Å². The van der Waals surface area contributed by atoms with Crippen molar-refractivity contribution < 1.29 is 17.9 Å². The molecule has 0 saturated heterocycles. The molecule has 5 nitrogen and oxygen atoms in total. The highest BCUT2D eigenvalue weighted by molar-refractivity contribution is 7.89. The van der Waals surface area contributed by atoms with E-state index in [0.29, 0.717) is 12.8 Å². The lowest BCUT2D eigenvalue weighted by Gasteiger charge is -2.17. The summed E-state index contributed by atoms with van der Waals surface area (Å²) in [4.78, 5) is 11.8. The number of sulfonamides is 1. The van der Waals surface area contributed by atoms with Crippen LogP contribution in [0.2, 0.25) is 5.02 Å². The maximum Gasteiger partial charge on any atom is 0.324 e. The van der Waals surface area contributed by atoms with Crippen molar-refractivity contribution in [1.29, 1.82) is 0 Å². The van der Waals surface area contributed by atoms with Crippen molar-refractivity contribution >= 4 is 27.6 Å². The minimum Gasteiger partial charge on any atom is -0.465 e. The summed E-state index contributed by atoms with van der Waals surface area (Å²) in [6, 6.07) is 5.20. The molecule has 7 heteroatoms. The van der Waals surface area contributed by atoms with Crippen molar-refractivity contribution in [3.8, 4) is 0 Å². The predicted octanol–water partition coefficient (Wildman–Crippen LogP) is 2.74. The first-order chi connectivity index (χ1) is 9.92. The Hall–Kier alpha value is -1.11. The lowest BCUT2D eigenvalue weighted by atomic mass is 10.1. The lowest BCUT2D eigenvalue weighted by molar-refractivity contribution is -0.145. The zero-order chi connectivity index (χ0) is 15.9. The van der Waals surface area contributed by atoms with Gasteiger partial charge in [-0.2, -0.15) is 4.72 Å². The van der Waals surface area contributed by atoms with Crippen molar-refractivity contribution in [3.05, 3.63) is 29.3 Å². The number of ether oxygens (including phenoxy) is 1. The van der Waals surface area contributed by atoms with Gasteiger partial charge < -0.3 is 4.74 Å². The van der Waals surface area contributed by atoms with Gasteiger partial charge in [-0.3, -0.25) is 4.79 Å². The highest BCUT2D eigenvalue weighted by atomic mass is 35.5. The number of esters is 1. The van der Waals surface area contributed by atoms with Gasteiger partial charge in [0.1, 0.15) is 10.9 Å². The highest BCUT2D eigenvalue weighted by Gasteiger charge is 2.27. The summed E-state index contributed by atoms with van der Waals surface area (Å²) in [5.74, 6) is -0.568. The average Bonchev–Trinajstić information content (AvgIpc) is 2.43. The topological polar surface area (TPSA) is 72.5 Å². The molecule has 118 valence electrons. The molecule has 1 atom stereocenters. The Morgan fingerprint density at radius 3 is 2.57 bits per heavy atom. The van der Waals surface area contributed by atoms with Crippen molar-refractivity contribution in [2.45, 2.75) is 44.0 Å². The molecule has 0 bridgehead atoms. The second kappa shape index (κ2) is 8.36. The maximum absolute atomic E-state index is 12.3. The highest BCUT2D eigenvalue weighted by Crippen LogP contribution is 2.21. The fourth-order valence-electron chi connectivity index (χ4n) is 1.79. The molecule has 0 aliphatic rings. The van der Waals surface area contributed by atoms with E-state index in [1.807, 2.05) is 6.92 Å². The monoisotopic (exact) mass is 333 g/mol. The quantitative estimate of drug-likeness (QED) is 0.742. The van der Waals surface area contributed by atoms with E-state index in [2.05, 4.69) is 4.72 Å². The minimum atomic E-state index is -3.87. The summed E-state index contributed by atoms with van der Waals surface area (Å²) < 4.78 is 32.0. The minimum absolute atomic E-state index is 0.0440. The van der Waals surface area contributed by atoms with Crippen LogP contribution in [0.4, 0.5) is 0 Å². The summed E-state index contributed by atoms with van der Waals surface area (Å²) in [5, 5.41) is 0.114. The van der Waals surface area contributed by atoms with Gasteiger partial charge in [0.15, 0.2) is 0 Å². The number of nitrogens with one attached hydrogen (secondary N) is 1. The molecule has 0 heterocycles. The first-order valence-electron chi connectivity index (χ1n) is 6.85. The van der Waals surface area contributed by atoms with Gasteiger partial charge in [0.2, 0.25) is 10.0 Å². The molecule has 0 amide bonds. The molecule has 1 unspecified atom stereocenters.